The summed E-state index contributed by atoms with van der Waals surface area (Å²) in [4.78, 5) is 42.5. The van der Waals surface area contributed by atoms with E-state index in [4.69, 9.17) is 10.5 Å². The number of hydrogen-bond acceptors (Lipinski definition) is 10. The molecule has 0 fully saturated rings. The number of ketones is 2. The van der Waals surface area contributed by atoms with Gasteiger partial charge in [-0.3, -0.25) is 24.2 Å². The fraction of sp³-hybridized carbons (Fsp3) is 0.519. The smallest absolute Gasteiger partial charge is 0.255 e. The van der Waals surface area contributed by atoms with Gasteiger partial charge in [-0.25, -0.2) is 4.39 Å². The lowest BCUT2D eigenvalue weighted by Crippen LogP contribution is -2.63. The number of carbonyl (C=O) groups is 3. The quantitative estimate of drug-likeness (QED) is 0.295. The third-order valence-electron chi connectivity index (χ3n) is 8.20. The number of nitrogens with two attached hydrogens (primary N) is 1. The standard InChI is InChI=1S/C27H34FN3O8/c1-5-31(7-6-28)11-13-10-16(32)18-14(23(13)39-4)8-12-9-15-20(30(2)3)22(34)19(26(29)37)25(36)27(15,38)24(35)17(12)21(18)33/h10,12,15,20,32,34-35,38H,5-9,11H2,1-4H3,(H2,29,37)/t12-,15-,20-,27-/m0/s1. The van der Waals surface area contributed by atoms with Gasteiger partial charge < -0.3 is 30.9 Å². The van der Waals surface area contributed by atoms with E-state index in [-0.39, 0.29) is 42.8 Å². The molecule has 4 atom stereocenters. The number of halogens is 1. The third-order valence-corrected chi connectivity index (χ3v) is 8.20. The molecule has 6 N–H and O–H groups in total. The van der Waals surface area contributed by atoms with Crippen molar-refractivity contribution in [3.63, 3.8) is 0 Å². The molecule has 0 unspecified atom stereocenters. The molecule has 12 heteroatoms. The summed E-state index contributed by atoms with van der Waals surface area (Å²) in [6.07, 6.45) is 0.0805. The van der Waals surface area contributed by atoms with Gasteiger partial charge >= 0.3 is 0 Å². The van der Waals surface area contributed by atoms with E-state index in [1.807, 2.05) is 11.8 Å². The first kappa shape index (κ1) is 28.5. The summed E-state index contributed by atoms with van der Waals surface area (Å²) in [6.45, 7) is 2.27. The maximum absolute atomic E-state index is 13.8. The van der Waals surface area contributed by atoms with Crippen molar-refractivity contribution >= 4 is 17.5 Å². The molecular weight excluding hydrogens is 513 g/mol. The van der Waals surface area contributed by atoms with Crippen LogP contribution in [0.15, 0.2) is 28.7 Å². The maximum atomic E-state index is 13.8. The number of amides is 1. The number of phenols is 1. The van der Waals surface area contributed by atoms with Crippen LogP contribution in [-0.4, -0.2) is 100 Å². The van der Waals surface area contributed by atoms with Crippen molar-refractivity contribution in [1.29, 1.82) is 0 Å². The summed E-state index contributed by atoms with van der Waals surface area (Å²) in [5, 5.41) is 44.8. The van der Waals surface area contributed by atoms with Gasteiger partial charge in [-0.2, -0.15) is 0 Å². The number of rotatable bonds is 8. The Morgan fingerprint density at radius 1 is 1.26 bits per heavy atom. The number of Topliss-reactive ketones (excluding diaryl/α,β-unsaturated/α-hetero) is 2. The minimum atomic E-state index is -2.70. The Hall–Kier alpha value is -3.48. The summed E-state index contributed by atoms with van der Waals surface area (Å²) >= 11 is 0. The van der Waals surface area contributed by atoms with E-state index in [9.17, 15) is 39.2 Å². The molecule has 1 aromatic carbocycles. The highest BCUT2D eigenvalue weighted by Crippen LogP contribution is 2.53. The predicted octanol–water partition coefficient (Wildman–Crippen LogP) is 0.921. The number of carbonyl (C=O) groups excluding carboxylic acids is 3. The number of phenolic OH excluding ortho intramolecular Hbond substituents is 1. The van der Waals surface area contributed by atoms with Crippen LogP contribution in [0.2, 0.25) is 0 Å². The van der Waals surface area contributed by atoms with E-state index in [1.54, 1.807) is 14.1 Å². The summed E-state index contributed by atoms with van der Waals surface area (Å²) in [7, 11) is 4.56. The minimum absolute atomic E-state index is 0.0250. The Morgan fingerprint density at radius 3 is 2.46 bits per heavy atom. The summed E-state index contributed by atoms with van der Waals surface area (Å²) in [5.74, 6) is -6.79. The molecule has 0 spiro atoms. The fourth-order valence-electron chi connectivity index (χ4n) is 6.44. The van der Waals surface area contributed by atoms with Crippen molar-refractivity contribution in [1.82, 2.24) is 9.80 Å². The molecule has 1 aromatic rings. The second-order valence-corrected chi connectivity index (χ2v) is 10.5. The molecule has 0 aliphatic heterocycles. The van der Waals surface area contributed by atoms with Crippen LogP contribution in [0.3, 0.4) is 0 Å². The maximum Gasteiger partial charge on any atom is 0.255 e. The highest BCUT2D eigenvalue weighted by atomic mass is 19.1. The first-order valence-corrected chi connectivity index (χ1v) is 12.7. The average Bonchev–Trinajstić information content (AvgIpc) is 2.85. The van der Waals surface area contributed by atoms with Gasteiger partial charge in [0.25, 0.3) is 5.91 Å². The number of nitrogens with zero attached hydrogens (tertiary/aromatic N) is 2. The molecule has 4 rings (SSSR count). The number of aromatic hydroxyl groups is 1. The van der Waals surface area contributed by atoms with Crippen molar-refractivity contribution in [2.45, 2.75) is 38.0 Å². The van der Waals surface area contributed by atoms with Gasteiger partial charge in [0.05, 0.1) is 18.7 Å². The van der Waals surface area contributed by atoms with Crippen molar-refractivity contribution in [3.8, 4) is 11.5 Å². The molecule has 0 saturated heterocycles. The Labute approximate surface area is 224 Å². The molecule has 1 amide bonds. The van der Waals surface area contributed by atoms with Crippen LogP contribution < -0.4 is 10.5 Å². The lowest BCUT2D eigenvalue weighted by Gasteiger charge is -2.50. The fourth-order valence-corrected chi connectivity index (χ4v) is 6.44. The van der Waals surface area contributed by atoms with Crippen LogP contribution in [-0.2, 0) is 22.6 Å². The molecular formula is C27H34FN3O8. The van der Waals surface area contributed by atoms with Crippen LogP contribution in [0.4, 0.5) is 4.39 Å². The van der Waals surface area contributed by atoms with Gasteiger partial charge in [-0.15, -0.1) is 0 Å². The van der Waals surface area contributed by atoms with E-state index in [2.05, 4.69) is 0 Å². The Balaban J connectivity index is 1.90. The number of fused-ring (bicyclic) bond motifs is 3. The third kappa shape index (κ3) is 4.17. The number of allylic oxidation sites excluding steroid dienone is 1. The Kier molecular flexibility index (Phi) is 7.50. The number of aliphatic hydroxyl groups excluding tert-OH is 2. The van der Waals surface area contributed by atoms with Gasteiger partial charge in [0.15, 0.2) is 11.4 Å². The molecule has 212 valence electrons. The number of alkyl halides is 1. The zero-order chi connectivity index (χ0) is 29.0. The molecule has 0 radical (unpaired) electrons. The number of benzene rings is 1. The van der Waals surface area contributed by atoms with Gasteiger partial charge in [0.1, 0.15) is 35.3 Å². The van der Waals surface area contributed by atoms with Gasteiger partial charge in [0, 0.05) is 35.7 Å². The molecule has 0 saturated carbocycles. The lowest BCUT2D eigenvalue weighted by atomic mass is 9.58. The average molecular weight is 548 g/mol. The van der Waals surface area contributed by atoms with E-state index in [0.717, 1.165) is 0 Å². The largest absolute Gasteiger partial charge is 0.510 e. The van der Waals surface area contributed by atoms with Crippen molar-refractivity contribution < 1.29 is 43.9 Å². The molecule has 39 heavy (non-hydrogen) atoms. The second kappa shape index (κ2) is 10.2. The van der Waals surface area contributed by atoms with Crippen molar-refractivity contribution in [2.24, 2.45) is 17.6 Å². The molecule has 3 aliphatic rings. The molecule has 0 heterocycles. The van der Waals surface area contributed by atoms with Crippen molar-refractivity contribution in [3.05, 3.63) is 45.4 Å². The van der Waals surface area contributed by atoms with E-state index < -0.39 is 64.7 Å². The highest BCUT2D eigenvalue weighted by Gasteiger charge is 2.63. The van der Waals surface area contributed by atoms with Crippen LogP contribution in [0.5, 0.6) is 11.5 Å². The van der Waals surface area contributed by atoms with Gasteiger partial charge in [-0.05, 0) is 45.5 Å². The number of aliphatic hydroxyl groups is 3. The molecule has 11 nitrogen and oxygen atoms in total. The molecule has 0 bridgehead atoms. The SMILES string of the molecule is CCN(CCF)Cc1cc(O)c2c(c1OC)C[C@H]1C[C@H]3[C@H](N(C)C)C(O)=C(C(N)=O)C(=O)[C@@]3(O)C(O)=C1C2=O. The Morgan fingerprint density at radius 2 is 1.92 bits per heavy atom. The first-order valence-electron chi connectivity index (χ1n) is 12.7. The number of likely N-dealkylation sites (N-methyl/N-ethyl adjacent to an activating group) is 1. The molecule has 0 aromatic heterocycles. The monoisotopic (exact) mass is 547 g/mol. The summed E-state index contributed by atoms with van der Waals surface area (Å²) < 4.78 is 18.7. The van der Waals surface area contributed by atoms with Gasteiger partial charge in [0.2, 0.25) is 5.78 Å². The highest BCUT2D eigenvalue weighted by molar-refractivity contribution is 6.24. The van der Waals surface area contributed by atoms with Crippen molar-refractivity contribution in [2.75, 3.05) is 41.0 Å². The normalized spacial score (nSPS) is 26.6. The number of ether oxygens (including phenoxy) is 1. The first-order chi connectivity index (χ1) is 18.3. The second-order valence-electron chi connectivity index (χ2n) is 10.5. The van der Waals surface area contributed by atoms with Crippen LogP contribution in [0.25, 0.3) is 0 Å². The van der Waals surface area contributed by atoms with E-state index >= 15 is 0 Å². The number of primary amides is 1. The topological polar surface area (TPSA) is 174 Å². The summed E-state index contributed by atoms with van der Waals surface area (Å²) in [6, 6.07) is 0.282. The number of methoxy groups -OCH3 is 1. The Bertz CT molecular complexity index is 1310. The lowest BCUT2D eigenvalue weighted by molar-refractivity contribution is -0.148. The zero-order valence-corrected chi connectivity index (χ0v) is 22.3. The van der Waals surface area contributed by atoms with E-state index in [0.29, 0.717) is 23.4 Å². The van der Waals surface area contributed by atoms with Crippen LogP contribution >= 0.6 is 0 Å². The van der Waals surface area contributed by atoms with Gasteiger partial charge in [-0.1, -0.05) is 6.92 Å². The molecule has 3 aliphatic carbocycles. The van der Waals surface area contributed by atoms with E-state index in [1.165, 1.54) is 18.1 Å². The van der Waals surface area contributed by atoms with Crippen LogP contribution in [0, 0.1) is 11.8 Å². The minimum Gasteiger partial charge on any atom is -0.510 e. The summed E-state index contributed by atoms with van der Waals surface area (Å²) in [5.41, 5.74) is 2.36. The number of hydrogen-bond donors (Lipinski definition) is 5. The zero-order valence-electron chi connectivity index (χ0n) is 22.3. The van der Waals surface area contributed by atoms with Crippen LogP contribution in [0.1, 0.15) is 34.8 Å². The predicted molar refractivity (Wildman–Crippen MR) is 137 cm³/mol.